The van der Waals surface area contributed by atoms with Crippen LogP contribution in [-0.4, -0.2) is 10.3 Å². The number of hydrogen-bond acceptors (Lipinski definition) is 1. The lowest BCUT2D eigenvalue weighted by Gasteiger charge is -2.39. The predicted molar refractivity (Wildman–Crippen MR) is 55.0 cm³/mol. The van der Waals surface area contributed by atoms with Crippen LogP contribution < -0.4 is 0 Å². The summed E-state index contributed by atoms with van der Waals surface area (Å²) < 4.78 is 0. The van der Waals surface area contributed by atoms with Crippen LogP contribution in [0.25, 0.3) is 0 Å². The summed E-state index contributed by atoms with van der Waals surface area (Å²) in [6.07, 6.45) is -2.09. The van der Waals surface area contributed by atoms with Gasteiger partial charge in [-0.2, -0.15) is 0 Å². The highest BCUT2D eigenvalue weighted by atomic mass is 35.7. The third-order valence-electron chi connectivity index (χ3n) is 1.85. The molecule has 0 heterocycles. The van der Waals surface area contributed by atoms with Gasteiger partial charge in [0, 0.05) is 10.3 Å². The second-order valence-electron chi connectivity index (χ2n) is 4.93. The SMILES string of the molecule is CC(C)(C)P(=N)(Cl)C(C)(C)C. The Morgan fingerprint density at radius 1 is 0.909 bits per heavy atom. The first-order valence-electron chi connectivity index (χ1n) is 3.84. The lowest BCUT2D eigenvalue weighted by Crippen LogP contribution is -2.24. The van der Waals surface area contributed by atoms with Gasteiger partial charge >= 0.3 is 0 Å². The van der Waals surface area contributed by atoms with Crippen LogP contribution in [0.4, 0.5) is 0 Å². The minimum absolute atomic E-state index is 0.0766. The highest BCUT2D eigenvalue weighted by molar-refractivity contribution is 7.92. The van der Waals surface area contributed by atoms with Gasteiger partial charge in [-0.15, -0.1) is 0 Å². The summed E-state index contributed by atoms with van der Waals surface area (Å²) in [5, 5.41) is 7.95. The average molecular weight is 196 g/mol. The number of halogens is 1. The zero-order chi connectivity index (χ0) is 9.50. The molecule has 1 N–H and O–H groups in total. The highest BCUT2D eigenvalue weighted by Gasteiger charge is 2.39. The number of rotatable bonds is 0. The van der Waals surface area contributed by atoms with Crippen molar-refractivity contribution in [2.75, 3.05) is 0 Å². The van der Waals surface area contributed by atoms with Crippen LogP contribution in [-0.2, 0) is 0 Å². The molecular weight excluding hydrogens is 177 g/mol. The highest BCUT2D eigenvalue weighted by Crippen LogP contribution is 2.71. The van der Waals surface area contributed by atoms with Crippen LogP contribution >= 0.6 is 17.6 Å². The molecule has 68 valence electrons. The van der Waals surface area contributed by atoms with E-state index in [2.05, 4.69) is 0 Å². The fraction of sp³-hybridized carbons (Fsp3) is 1.00. The topological polar surface area (TPSA) is 23.9 Å². The summed E-state index contributed by atoms with van der Waals surface area (Å²) in [4.78, 5) is 0. The van der Waals surface area contributed by atoms with E-state index in [0.29, 0.717) is 0 Å². The third kappa shape index (κ3) is 2.23. The summed E-state index contributed by atoms with van der Waals surface area (Å²) in [5.41, 5.74) is 0. The first kappa shape index (κ1) is 11.5. The van der Waals surface area contributed by atoms with Crippen LogP contribution in [0.1, 0.15) is 41.5 Å². The third-order valence-corrected chi connectivity index (χ3v) is 8.59. The standard InChI is InChI=1S/C8H19ClNP/c1-7(2,3)11(9,10)8(4,5)6/h10H,1-6H3. The van der Waals surface area contributed by atoms with E-state index in [1.807, 2.05) is 41.5 Å². The van der Waals surface area contributed by atoms with Crippen molar-refractivity contribution in [3.05, 3.63) is 0 Å². The van der Waals surface area contributed by atoms with Gasteiger partial charge in [-0.05, 0) is 0 Å². The molecule has 0 aliphatic heterocycles. The minimum atomic E-state index is -2.09. The van der Waals surface area contributed by atoms with Gasteiger partial charge < -0.3 is 5.16 Å². The van der Waals surface area contributed by atoms with Crippen molar-refractivity contribution < 1.29 is 0 Å². The molecule has 11 heavy (non-hydrogen) atoms. The van der Waals surface area contributed by atoms with E-state index in [0.717, 1.165) is 0 Å². The van der Waals surface area contributed by atoms with Crippen LogP contribution in [0.15, 0.2) is 0 Å². The Balaban J connectivity index is 4.92. The van der Waals surface area contributed by atoms with Gasteiger partial charge in [-0.3, -0.25) is 0 Å². The Morgan fingerprint density at radius 2 is 1.09 bits per heavy atom. The van der Waals surface area contributed by atoms with Gasteiger partial charge in [-0.25, -0.2) is 0 Å². The van der Waals surface area contributed by atoms with Crippen molar-refractivity contribution in [3.63, 3.8) is 0 Å². The smallest absolute Gasteiger partial charge is 0.0614 e. The van der Waals surface area contributed by atoms with E-state index in [1.54, 1.807) is 0 Å². The Hall–Kier alpha value is 0.520. The van der Waals surface area contributed by atoms with Crippen LogP contribution in [0.2, 0.25) is 0 Å². The van der Waals surface area contributed by atoms with Crippen LogP contribution in [0.5, 0.6) is 0 Å². The van der Waals surface area contributed by atoms with Gasteiger partial charge in [0.15, 0.2) is 0 Å². The van der Waals surface area contributed by atoms with E-state index in [1.165, 1.54) is 0 Å². The molecule has 3 heteroatoms. The van der Waals surface area contributed by atoms with E-state index in [4.69, 9.17) is 16.4 Å². The van der Waals surface area contributed by atoms with Gasteiger partial charge in [0.2, 0.25) is 0 Å². The molecule has 0 aromatic rings. The zero-order valence-corrected chi connectivity index (χ0v) is 9.98. The lowest BCUT2D eigenvalue weighted by atomic mass is 10.2. The minimum Gasteiger partial charge on any atom is -0.302 e. The molecule has 0 aliphatic rings. The molecule has 0 aliphatic carbocycles. The lowest BCUT2D eigenvalue weighted by molar-refractivity contribution is 0.705. The summed E-state index contributed by atoms with van der Waals surface area (Å²) in [5.74, 6) is 0. The van der Waals surface area contributed by atoms with E-state index < -0.39 is 6.41 Å². The molecule has 0 spiro atoms. The molecule has 0 aromatic carbocycles. The molecule has 0 amide bonds. The maximum Gasteiger partial charge on any atom is 0.0614 e. The van der Waals surface area contributed by atoms with Crippen LogP contribution in [0.3, 0.4) is 0 Å². The van der Waals surface area contributed by atoms with Crippen molar-refractivity contribution in [1.29, 1.82) is 5.16 Å². The maximum absolute atomic E-state index is 8.11. The molecule has 0 atom stereocenters. The summed E-state index contributed by atoms with van der Waals surface area (Å²) in [7, 11) is 0. The van der Waals surface area contributed by atoms with Gasteiger partial charge in [-0.1, -0.05) is 52.8 Å². The normalized spacial score (nSPS) is 15.2. The molecule has 0 rings (SSSR count). The monoisotopic (exact) mass is 195 g/mol. The van der Waals surface area contributed by atoms with Gasteiger partial charge in [0.05, 0.1) is 6.41 Å². The molecule has 0 aromatic heterocycles. The van der Waals surface area contributed by atoms with Gasteiger partial charge in [0.1, 0.15) is 0 Å². The fourth-order valence-corrected chi connectivity index (χ4v) is 3.02. The molecule has 0 saturated carbocycles. The largest absolute Gasteiger partial charge is 0.302 e. The van der Waals surface area contributed by atoms with E-state index >= 15 is 0 Å². The van der Waals surface area contributed by atoms with E-state index in [-0.39, 0.29) is 10.3 Å². The van der Waals surface area contributed by atoms with Crippen molar-refractivity contribution in [2.24, 2.45) is 0 Å². The van der Waals surface area contributed by atoms with Crippen molar-refractivity contribution in [3.8, 4) is 0 Å². The molecule has 0 radical (unpaired) electrons. The molecular formula is C8H19ClNP. The second-order valence-corrected chi connectivity index (χ2v) is 10.3. The first-order valence-corrected chi connectivity index (χ1v) is 6.53. The average Bonchev–Trinajstić information content (AvgIpc) is 1.58. The quantitative estimate of drug-likeness (QED) is 0.550. The van der Waals surface area contributed by atoms with Crippen molar-refractivity contribution in [2.45, 2.75) is 51.9 Å². The molecule has 1 nitrogen and oxygen atoms in total. The molecule has 0 fully saturated rings. The fourth-order valence-electron chi connectivity index (χ4n) is 1.01. The van der Waals surface area contributed by atoms with Crippen molar-refractivity contribution in [1.82, 2.24) is 0 Å². The Kier molecular flexibility index (Phi) is 2.91. The maximum atomic E-state index is 8.11. The summed E-state index contributed by atoms with van der Waals surface area (Å²) in [6.45, 7) is 12.3. The summed E-state index contributed by atoms with van der Waals surface area (Å²) in [6, 6.07) is 0. The zero-order valence-electron chi connectivity index (χ0n) is 8.33. The van der Waals surface area contributed by atoms with Crippen molar-refractivity contribution >= 4 is 17.6 Å². The molecule has 0 bridgehead atoms. The Bertz CT molecular complexity index is 167. The number of nitrogens with one attached hydrogen (secondary N) is 1. The predicted octanol–water partition coefficient (Wildman–Crippen LogP) is 4.52. The summed E-state index contributed by atoms with van der Waals surface area (Å²) >= 11 is 6.27. The Morgan fingerprint density at radius 3 is 1.09 bits per heavy atom. The second kappa shape index (κ2) is 2.78. The van der Waals surface area contributed by atoms with Gasteiger partial charge in [0.25, 0.3) is 0 Å². The first-order chi connectivity index (χ1) is 4.50. The Labute approximate surface area is 75.2 Å². The molecule has 0 unspecified atom stereocenters. The van der Waals surface area contributed by atoms with E-state index in [9.17, 15) is 0 Å². The molecule has 0 saturated heterocycles. The number of hydrogen-bond donors (Lipinski definition) is 1. The van der Waals surface area contributed by atoms with Crippen LogP contribution in [0, 0.1) is 5.16 Å².